The fraction of sp³-hybridized carbons (Fsp3) is 0.200. The summed E-state index contributed by atoms with van der Waals surface area (Å²) in [5, 5.41) is 2.64. The highest BCUT2D eigenvalue weighted by Gasteiger charge is 2.12. The molecule has 1 unspecified atom stereocenters. The Bertz CT molecular complexity index is 723. The van der Waals surface area contributed by atoms with Crippen molar-refractivity contribution in [1.82, 2.24) is 0 Å². The SMILES string of the molecule is Cc1ccc(C(CN)Cc2cccc3ccccc23)cc1. The van der Waals surface area contributed by atoms with Gasteiger partial charge in [0.2, 0.25) is 0 Å². The molecule has 0 heterocycles. The van der Waals surface area contributed by atoms with Crippen LogP contribution in [0.25, 0.3) is 10.8 Å². The predicted molar refractivity (Wildman–Crippen MR) is 90.6 cm³/mol. The van der Waals surface area contributed by atoms with Crippen LogP contribution in [0.4, 0.5) is 0 Å². The fourth-order valence-corrected chi connectivity index (χ4v) is 2.91. The highest BCUT2D eigenvalue weighted by molar-refractivity contribution is 5.85. The van der Waals surface area contributed by atoms with E-state index in [0.717, 1.165) is 6.42 Å². The first kappa shape index (κ1) is 13.8. The minimum atomic E-state index is 0.372. The molecule has 0 spiro atoms. The van der Waals surface area contributed by atoms with Gasteiger partial charge in [-0.25, -0.2) is 0 Å². The van der Waals surface area contributed by atoms with Gasteiger partial charge < -0.3 is 5.73 Å². The third-order valence-electron chi connectivity index (χ3n) is 4.18. The van der Waals surface area contributed by atoms with Crippen LogP contribution in [0.1, 0.15) is 22.6 Å². The molecule has 1 heteroatoms. The van der Waals surface area contributed by atoms with Gasteiger partial charge in [-0.3, -0.25) is 0 Å². The van der Waals surface area contributed by atoms with Gasteiger partial charge in [0.15, 0.2) is 0 Å². The average Bonchev–Trinajstić information content (AvgIpc) is 2.54. The number of rotatable bonds is 4. The van der Waals surface area contributed by atoms with E-state index in [-0.39, 0.29) is 0 Å². The number of fused-ring (bicyclic) bond motifs is 1. The molecule has 3 aromatic carbocycles. The Kier molecular flexibility index (Phi) is 4.03. The molecule has 0 saturated heterocycles. The Morgan fingerprint density at radius 1 is 0.857 bits per heavy atom. The molecule has 2 N–H and O–H groups in total. The molecule has 0 aliphatic rings. The van der Waals surface area contributed by atoms with Gasteiger partial charge in [-0.15, -0.1) is 0 Å². The lowest BCUT2D eigenvalue weighted by atomic mass is 9.89. The van der Waals surface area contributed by atoms with E-state index >= 15 is 0 Å². The normalized spacial score (nSPS) is 12.5. The molecule has 0 aliphatic carbocycles. The van der Waals surface area contributed by atoms with Gasteiger partial charge in [0, 0.05) is 5.92 Å². The molecule has 0 amide bonds. The van der Waals surface area contributed by atoms with Crippen molar-refractivity contribution in [3.63, 3.8) is 0 Å². The maximum atomic E-state index is 6.03. The van der Waals surface area contributed by atoms with Crippen LogP contribution in [0.3, 0.4) is 0 Å². The standard InChI is InChI=1S/C20H21N/c1-15-9-11-16(12-10-15)19(14-21)13-18-7-4-6-17-5-2-3-8-20(17)18/h2-12,19H,13-14,21H2,1H3. The van der Waals surface area contributed by atoms with Crippen LogP contribution in [0.15, 0.2) is 66.7 Å². The molecule has 3 aromatic rings. The van der Waals surface area contributed by atoms with Gasteiger partial charge >= 0.3 is 0 Å². The molecule has 0 aromatic heterocycles. The minimum absolute atomic E-state index is 0.372. The summed E-state index contributed by atoms with van der Waals surface area (Å²) in [6, 6.07) is 23.8. The highest BCUT2D eigenvalue weighted by atomic mass is 14.5. The van der Waals surface area contributed by atoms with Crippen LogP contribution in [-0.2, 0) is 6.42 Å². The van der Waals surface area contributed by atoms with Crippen molar-refractivity contribution in [2.24, 2.45) is 5.73 Å². The molecule has 1 nitrogen and oxygen atoms in total. The zero-order chi connectivity index (χ0) is 14.7. The largest absolute Gasteiger partial charge is 0.330 e. The van der Waals surface area contributed by atoms with Crippen molar-refractivity contribution in [1.29, 1.82) is 0 Å². The number of hydrogen-bond donors (Lipinski definition) is 1. The highest BCUT2D eigenvalue weighted by Crippen LogP contribution is 2.25. The lowest BCUT2D eigenvalue weighted by Gasteiger charge is -2.17. The summed E-state index contributed by atoms with van der Waals surface area (Å²) < 4.78 is 0. The summed E-state index contributed by atoms with van der Waals surface area (Å²) in [5.74, 6) is 0.372. The van der Waals surface area contributed by atoms with Gasteiger partial charge in [0.1, 0.15) is 0 Å². The average molecular weight is 275 g/mol. The molecule has 106 valence electrons. The summed E-state index contributed by atoms with van der Waals surface area (Å²) in [6.07, 6.45) is 0.987. The first-order valence-corrected chi connectivity index (χ1v) is 7.51. The summed E-state index contributed by atoms with van der Waals surface area (Å²) in [6.45, 7) is 2.79. The number of benzene rings is 3. The van der Waals surface area contributed by atoms with Gasteiger partial charge in [0.05, 0.1) is 0 Å². The molecular weight excluding hydrogens is 254 g/mol. The quantitative estimate of drug-likeness (QED) is 0.748. The second-order valence-corrected chi connectivity index (χ2v) is 5.69. The van der Waals surface area contributed by atoms with E-state index < -0.39 is 0 Å². The molecule has 0 radical (unpaired) electrons. The Balaban J connectivity index is 1.94. The van der Waals surface area contributed by atoms with Gasteiger partial charge in [-0.2, -0.15) is 0 Å². The third kappa shape index (κ3) is 2.98. The molecular formula is C20H21N. The third-order valence-corrected chi connectivity index (χ3v) is 4.18. The van der Waals surface area contributed by atoms with Gasteiger partial charge in [0.25, 0.3) is 0 Å². The molecule has 1 atom stereocenters. The van der Waals surface area contributed by atoms with Crippen molar-refractivity contribution >= 4 is 10.8 Å². The zero-order valence-corrected chi connectivity index (χ0v) is 12.4. The monoisotopic (exact) mass is 275 g/mol. The van der Waals surface area contributed by atoms with E-state index in [1.165, 1.54) is 27.5 Å². The van der Waals surface area contributed by atoms with Crippen LogP contribution in [-0.4, -0.2) is 6.54 Å². The number of nitrogens with two attached hydrogens (primary N) is 1. The van der Waals surface area contributed by atoms with Gasteiger partial charge in [-0.1, -0.05) is 72.3 Å². The minimum Gasteiger partial charge on any atom is -0.330 e. The maximum absolute atomic E-state index is 6.03. The lowest BCUT2D eigenvalue weighted by molar-refractivity contribution is 0.697. The Hall–Kier alpha value is -2.12. The lowest BCUT2D eigenvalue weighted by Crippen LogP contribution is -2.15. The van der Waals surface area contributed by atoms with Crippen molar-refractivity contribution in [2.75, 3.05) is 6.54 Å². The Labute approximate surface area is 126 Å². The molecule has 21 heavy (non-hydrogen) atoms. The van der Waals surface area contributed by atoms with E-state index in [0.29, 0.717) is 12.5 Å². The van der Waals surface area contributed by atoms with Crippen molar-refractivity contribution in [2.45, 2.75) is 19.3 Å². The summed E-state index contributed by atoms with van der Waals surface area (Å²) in [5.41, 5.74) is 10.0. The van der Waals surface area contributed by atoms with Crippen molar-refractivity contribution in [3.8, 4) is 0 Å². The first-order chi connectivity index (χ1) is 10.3. The second kappa shape index (κ2) is 6.11. The molecule has 3 rings (SSSR count). The summed E-state index contributed by atoms with van der Waals surface area (Å²) in [4.78, 5) is 0. The predicted octanol–water partition coefficient (Wildman–Crippen LogP) is 4.43. The van der Waals surface area contributed by atoms with E-state index in [2.05, 4.69) is 73.7 Å². The molecule has 0 aliphatic heterocycles. The van der Waals surface area contributed by atoms with E-state index in [4.69, 9.17) is 5.73 Å². The maximum Gasteiger partial charge on any atom is 0.000179 e. The first-order valence-electron chi connectivity index (χ1n) is 7.51. The van der Waals surface area contributed by atoms with Crippen molar-refractivity contribution < 1.29 is 0 Å². The fourth-order valence-electron chi connectivity index (χ4n) is 2.91. The van der Waals surface area contributed by atoms with Crippen LogP contribution in [0, 0.1) is 6.92 Å². The Morgan fingerprint density at radius 2 is 1.57 bits per heavy atom. The summed E-state index contributed by atoms with van der Waals surface area (Å²) in [7, 11) is 0. The van der Waals surface area contributed by atoms with Crippen LogP contribution in [0.5, 0.6) is 0 Å². The number of aryl methyl sites for hydroxylation is 1. The second-order valence-electron chi connectivity index (χ2n) is 5.69. The van der Waals surface area contributed by atoms with Crippen LogP contribution in [0.2, 0.25) is 0 Å². The topological polar surface area (TPSA) is 26.0 Å². The molecule has 0 fully saturated rings. The molecule has 0 saturated carbocycles. The van der Waals surface area contributed by atoms with Crippen LogP contribution < -0.4 is 5.73 Å². The smallest absolute Gasteiger partial charge is 0.000179 e. The van der Waals surface area contributed by atoms with Crippen LogP contribution >= 0.6 is 0 Å². The Morgan fingerprint density at radius 3 is 2.33 bits per heavy atom. The van der Waals surface area contributed by atoms with E-state index in [9.17, 15) is 0 Å². The summed E-state index contributed by atoms with van der Waals surface area (Å²) >= 11 is 0. The van der Waals surface area contributed by atoms with Gasteiger partial charge in [-0.05, 0) is 41.8 Å². The van der Waals surface area contributed by atoms with Crippen molar-refractivity contribution in [3.05, 3.63) is 83.4 Å². The molecule has 0 bridgehead atoms. The number of hydrogen-bond acceptors (Lipinski definition) is 1. The zero-order valence-electron chi connectivity index (χ0n) is 12.4. The van der Waals surface area contributed by atoms with E-state index in [1.807, 2.05) is 0 Å². The van der Waals surface area contributed by atoms with E-state index in [1.54, 1.807) is 0 Å².